The molecule has 0 spiro atoms. The quantitative estimate of drug-likeness (QED) is 0.878. The third-order valence-corrected chi connectivity index (χ3v) is 2.91. The van der Waals surface area contributed by atoms with Gasteiger partial charge in [-0.1, -0.05) is 16.8 Å². The summed E-state index contributed by atoms with van der Waals surface area (Å²) in [7, 11) is 0. The third-order valence-electron chi connectivity index (χ3n) is 1.79. The number of carboxylic acid groups (broad SMARTS) is 1. The van der Waals surface area contributed by atoms with Crippen molar-refractivity contribution in [3.8, 4) is 10.6 Å². The highest BCUT2D eigenvalue weighted by Gasteiger charge is 2.22. The molecule has 0 saturated carbocycles. The molecule has 2 rings (SSSR count). The summed E-state index contributed by atoms with van der Waals surface area (Å²) in [6.07, 6.45) is 1.47. The van der Waals surface area contributed by atoms with E-state index in [-0.39, 0.29) is 17.0 Å². The van der Waals surface area contributed by atoms with Crippen LogP contribution in [0.15, 0.2) is 10.7 Å². The van der Waals surface area contributed by atoms with Crippen molar-refractivity contribution in [2.24, 2.45) is 0 Å². The van der Waals surface area contributed by atoms with Gasteiger partial charge in [0.25, 0.3) is 0 Å². The number of carbonyl (C=O) groups is 1. The van der Waals surface area contributed by atoms with Crippen molar-refractivity contribution in [1.82, 2.24) is 10.1 Å². The maximum absolute atomic E-state index is 10.9. The van der Waals surface area contributed by atoms with Crippen molar-refractivity contribution in [3.63, 3.8) is 0 Å². The summed E-state index contributed by atoms with van der Waals surface area (Å²) in [6.45, 7) is 1.54. The van der Waals surface area contributed by atoms with E-state index < -0.39 is 5.97 Å². The number of hydrogen-bond donors (Lipinski definition) is 1. The topological polar surface area (TPSA) is 76.2 Å². The van der Waals surface area contributed by atoms with Crippen LogP contribution in [0.5, 0.6) is 0 Å². The molecule has 2 aromatic rings. The number of aromatic nitrogens is 2. The van der Waals surface area contributed by atoms with E-state index in [4.69, 9.17) is 21.2 Å². The van der Waals surface area contributed by atoms with Crippen LogP contribution in [-0.2, 0) is 0 Å². The van der Waals surface area contributed by atoms with Crippen LogP contribution in [0, 0.1) is 6.92 Å². The van der Waals surface area contributed by atoms with E-state index in [0.717, 1.165) is 11.3 Å². The molecule has 5 nitrogen and oxygen atoms in total. The van der Waals surface area contributed by atoms with Gasteiger partial charge < -0.3 is 9.63 Å². The van der Waals surface area contributed by atoms with Crippen molar-refractivity contribution >= 4 is 28.9 Å². The largest absolute Gasteiger partial charge is 0.477 e. The number of carboxylic acids is 1. The SMILES string of the molecule is Cc1onc(-c2cnc(Cl)s2)c1C(=O)O. The predicted octanol–water partition coefficient (Wildman–Crippen LogP) is 2.46. The Labute approximate surface area is 93.3 Å². The van der Waals surface area contributed by atoms with Gasteiger partial charge >= 0.3 is 5.97 Å². The molecular formula is C8H5ClN2O3S. The summed E-state index contributed by atoms with van der Waals surface area (Å²) in [4.78, 5) is 15.3. The monoisotopic (exact) mass is 244 g/mol. The predicted molar refractivity (Wildman–Crippen MR) is 54.3 cm³/mol. The molecule has 15 heavy (non-hydrogen) atoms. The summed E-state index contributed by atoms with van der Waals surface area (Å²) in [5, 5.41) is 12.6. The zero-order valence-electron chi connectivity index (χ0n) is 7.52. The van der Waals surface area contributed by atoms with Gasteiger partial charge in [-0.3, -0.25) is 0 Å². The molecule has 0 aromatic carbocycles. The minimum atomic E-state index is -1.08. The average molecular weight is 245 g/mol. The molecule has 0 aliphatic heterocycles. The van der Waals surface area contributed by atoms with Gasteiger partial charge in [-0.15, -0.1) is 11.3 Å². The van der Waals surface area contributed by atoms with Crippen LogP contribution in [0.2, 0.25) is 4.47 Å². The minimum absolute atomic E-state index is 0.0512. The van der Waals surface area contributed by atoms with Crippen molar-refractivity contribution in [3.05, 3.63) is 22.0 Å². The first kappa shape index (κ1) is 10.1. The lowest BCUT2D eigenvalue weighted by molar-refractivity contribution is 0.0696. The van der Waals surface area contributed by atoms with Gasteiger partial charge in [0.2, 0.25) is 0 Å². The molecule has 0 radical (unpaired) electrons. The fourth-order valence-corrected chi connectivity index (χ4v) is 2.08. The molecule has 0 bridgehead atoms. The van der Waals surface area contributed by atoms with E-state index in [1.54, 1.807) is 6.92 Å². The van der Waals surface area contributed by atoms with Crippen LogP contribution in [0.25, 0.3) is 10.6 Å². The van der Waals surface area contributed by atoms with Gasteiger partial charge in [0.15, 0.2) is 4.47 Å². The number of nitrogens with zero attached hydrogens (tertiary/aromatic N) is 2. The summed E-state index contributed by atoms with van der Waals surface area (Å²) < 4.78 is 5.16. The van der Waals surface area contributed by atoms with E-state index in [0.29, 0.717) is 9.34 Å². The highest BCUT2D eigenvalue weighted by molar-refractivity contribution is 7.18. The molecule has 0 aliphatic carbocycles. The van der Waals surface area contributed by atoms with Crippen LogP contribution < -0.4 is 0 Å². The van der Waals surface area contributed by atoms with Gasteiger partial charge in [-0.05, 0) is 6.92 Å². The average Bonchev–Trinajstić information content (AvgIpc) is 2.71. The first-order chi connectivity index (χ1) is 7.09. The van der Waals surface area contributed by atoms with Crippen LogP contribution in [0.3, 0.4) is 0 Å². The smallest absolute Gasteiger partial charge is 0.341 e. The Hall–Kier alpha value is -1.40. The van der Waals surface area contributed by atoms with E-state index in [9.17, 15) is 4.79 Å². The fraction of sp³-hybridized carbons (Fsp3) is 0.125. The van der Waals surface area contributed by atoms with Gasteiger partial charge in [-0.25, -0.2) is 9.78 Å². The molecule has 7 heteroatoms. The second-order valence-corrected chi connectivity index (χ2v) is 4.36. The van der Waals surface area contributed by atoms with E-state index in [1.807, 2.05) is 0 Å². The maximum Gasteiger partial charge on any atom is 0.341 e. The molecule has 0 saturated heterocycles. The number of hydrogen-bond acceptors (Lipinski definition) is 5. The second kappa shape index (κ2) is 3.63. The van der Waals surface area contributed by atoms with Crippen molar-refractivity contribution in [1.29, 1.82) is 0 Å². The van der Waals surface area contributed by atoms with Crippen molar-refractivity contribution < 1.29 is 14.4 Å². The van der Waals surface area contributed by atoms with Crippen molar-refractivity contribution in [2.45, 2.75) is 6.92 Å². The number of aryl methyl sites for hydroxylation is 1. The number of halogens is 1. The fourth-order valence-electron chi connectivity index (χ4n) is 1.15. The number of rotatable bonds is 2. The van der Waals surface area contributed by atoms with Crippen molar-refractivity contribution in [2.75, 3.05) is 0 Å². The van der Waals surface area contributed by atoms with E-state index in [1.165, 1.54) is 6.20 Å². The molecule has 0 aliphatic rings. The summed E-state index contributed by atoms with van der Waals surface area (Å²) >= 11 is 6.80. The third kappa shape index (κ3) is 1.73. The molecule has 0 fully saturated rings. The van der Waals surface area contributed by atoms with Crippen LogP contribution in [0.4, 0.5) is 0 Å². The Balaban J connectivity index is 2.58. The van der Waals surface area contributed by atoms with Crippen LogP contribution in [-0.4, -0.2) is 21.2 Å². The molecule has 1 N–H and O–H groups in total. The Bertz CT molecular complexity index is 520. The zero-order valence-corrected chi connectivity index (χ0v) is 9.09. The Morgan fingerprint density at radius 2 is 2.40 bits per heavy atom. The minimum Gasteiger partial charge on any atom is -0.477 e. The Morgan fingerprint density at radius 3 is 2.93 bits per heavy atom. The molecule has 0 amide bonds. The lowest BCUT2D eigenvalue weighted by Gasteiger charge is -1.91. The molecular weight excluding hydrogens is 240 g/mol. The zero-order chi connectivity index (χ0) is 11.0. The molecule has 2 aromatic heterocycles. The van der Waals surface area contributed by atoms with Gasteiger partial charge in [0.05, 0.1) is 4.88 Å². The second-order valence-electron chi connectivity index (χ2n) is 2.74. The van der Waals surface area contributed by atoms with Gasteiger partial charge in [0.1, 0.15) is 17.0 Å². The molecule has 0 unspecified atom stereocenters. The summed E-state index contributed by atoms with van der Waals surface area (Å²) in [5.41, 5.74) is 0.319. The van der Waals surface area contributed by atoms with Gasteiger partial charge in [-0.2, -0.15) is 0 Å². The summed E-state index contributed by atoms with van der Waals surface area (Å²) in [6, 6.07) is 0. The highest BCUT2D eigenvalue weighted by Crippen LogP contribution is 2.31. The Morgan fingerprint density at radius 1 is 1.67 bits per heavy atom. The normalized spacial score (nSPS) is 10.5. The van der Waals surface area contributed by atoms with Crippen LogP contribution >= 0.6 is 22.9 Å². The number of aromatic carboxylic acids is 1. The Kier molecular flexibility index (Phi) is 2.45. The van der Waals surface area contributed by atoms with E-state index >= 15 is 0 Å². The standard InChI is InChI=1S/C8H5ClN2O3S/c1-3-5(7(12)13)6(11-14-3)4-2-10-8(9)15-4/h2H,1H3,(H,12,13). The van der Waals surface area contributed by atoms with Gasteiger partial charge in [0, 0.05) is 6.20 Å². The number of thiazole rings is 1. The van der Waals surface area contributed by atoms with E-state index in [2.05, 4.69) is 10.1 Å². The van der Waals surface area contributed by atoms with Crippen LogP contribution in [0.1, 0.15) is 16.1 Å². The lowest BCUT2D eigenvalue weighted by atomic mass is 10.2. The molecule has 2 heterocycles. The highest BCUT2D eigenvalue weighted by atomic mass is 35.5. The molecule has 0 atom stereocenters. The summed E-state index contributed by atoms with van der Waals surface area (Å²) in [5.74, 6) is -0.810. The lowest BCUT2D eigenvalue weighted by Crippen LogP contribution is -1.98. The molecule has 78 valence electrons. The maximum atomic E-state index is 10.9. The first-order valence-electron chi connectivity index (χ1n) is 3.91. The first-order valence-corrected chi connectivity index (χ1v) is 5.10.